The van der Waals surface area contributed by atoms with E-state index in [4.69, 9.17) is 9.47 Å². The molecule has 0 aromatic heterocycles. The summed E-state index contributed by atoms with van der Waals surface area (Å²) in [5, 5.41) is 2.89. The third-order valence-electron chi connectivity index (χ3n) is 4.80. The van der Waals surface area contributed by atoms with Gasteiger partial charge in [-0.1, -0.05) is 48.5 Å². The molecule has 0 saturated heterocycles. The number of rotatable bonds is 8. The third-order valence-corrected chi connectivity index (χ3v) is 4.80. The monoisotopic (exact) mass is 379 g/mol. The minimum atomic E-state index is -0.550. The number of hydrogen-bond acceptors (Lipinski definition) is 4. The van der Waals surface area contributed by atoms with E-state index in [1.807, 2.05) is 61.5 Å². The number of hydrogen-bond donors (Lipinski definition) is 1. The number of para-hydroxylation sites is 1. The number of ether oxygens (including phenoxy) is 2. The van der Waals surface area contributed by atoms with E-state index in [-0.39, 0.29) is 18.6 Å². The lowest BCUT2D eigenvalue weighted by molar-refractivity contribution is -0.143. The van der Waals surface area contributed by atoms with E-state index in [0.717, 1.165) is 18.4 Å². The molecule has 0 unspecified atom stereocenters. The lowest BCUT2D eigenvalue weighted by Crippen LogP contribution is -2.37. The zero-order valence-corrected chi connectivity index (χ0v) is 16.2. The molecule has 0 heterocycles. The SMILES string of the molecule is COc1ccccc1/C=C(/C(=O)OCC(=O)N[C@H](C)C1CC1)c1ccccc1. The van der Waals surface area contributed by atoms with Crippen molar-refractivity contribution in [2.75, 3.05) is 13.7 Å². The second-order valence-corrected chi connectivity index (χ2v) is 6.94. The number of carbonyl (C=O) groups excluding carboxylic acids is 2. The van der Waals surface area contributed by atoms with Gasteiger partial charge in [0.1, 0.15) is 5.75 Å². The first-order valence-corrected chi connectivity index (χ1v) is 9.45. The number of carbonyl (C=O) groups is 2. The molecule has 2 aromatic carbocycles. The second kappa shape index (κ2) is 9.22. The molecule has 2 aromatic rings. The van der Waals surface area contributed by atoms with E-state index in [1.54, 1.807) is 13.2 Å². The van der Waals surface area contributed by atoms with E-state index in [2.05, 4.69) is 5.32 Å². The molecule has 0 radical (unpaired) electrons. The highest BCUT2D eigenvalue weighted by molar-refractivity contribution is 6.22. The highest BCUT2D eigenvalue weighted by Gasteiger charge is 2.29. The van der Waals surface area contributed by atoms with Crippen molar-refractivity contribution in [1.82, 2.24) is 5.32 Å². The fourth-order valence-corrected chi connectivity index (χ4v) is 3.04. The molecule has 1 aliphatic rings. The first-order valence-electron chi connectivity index (χ1n) is 9.45. The summed E-state index contributed by atoms with van der Waals surface area (Å²) in [6.07, 6.45) is 4.00. The minimum absolute atomic E-state index is 0.115. The zero-order valence-electron chi connectivity index (χ0n) is 16.2. The highest BCUT2D eigenvalue weighted by atomic mass is 16.5. The molecule has 28 heavy (non-hydrogen) atoms. The van der Waals surface area contributed by atoms with Crippen molar-refractivity contribution in [2.45, 2.75) is 25.8 Å². The smallest absolute Gasteiger partial charge is 0.339 e. The van der Waals surface area contributed by atoms with Gasteiger partial charge in [-0.15, -0.1) is 0 Å². The van der Waals surface area contributed by atoms with E-state index >= 15 is 0 Å². The molecule has 1 atom stereocenters. The summed E-state index contributed by atoms with van der Waals surface area (Å²) in [7, 11) is 1.58. The molecule has 0 spiro atoms. The molecule has 1 fully saturated rings. The van der Waals surface area contributed by atoms with Gasteiger partial charge in [0.25, 0.3) is 5.91 Å². The standard InChI is InChI=1S/C23H25NO4/c1-16(17-12-13-17)24-22(25)15-28-23(26)20(18-8-4-3-5-9-18)14-19-10-6-7-11-21(19)27-2/h3-11,14,16-17H,12-13,15H2,1-2H3,(H,24,25)/b20-14+/t16-/m1/s1. The fraction of sp³-hybridized carbons (Fsp3) is 0.304. The van der Waals surface area contributed by atoms with Crippen molar-refractivity contribution in [1.29, 1.82) is 0 Å². The van der Waals surface area contributed by atoms with E-state index in [0.29, 0.717) is 22.8 Å². The largest absolute Gasteiger partial charge is 0.496 e. The summed E-state index contributed by atoms with van der Waals surface area (Å²) < 4.78 is 10.7. The molecule has 3 rings (SSSR count). The normalized spacial score (nSPS) is 14.9. The molecule has 146 valence electrons. The van der Waals surface area contributed by atoms with Crippen molar-refractivity contribution in [3.05, 3.63) is 65.7 Å². The first kappa shape index (κ1) is 19.7. The minimum Gasteiger partial charge on any atom is -0.496 e. The van der Waals surface area contributed by atoms with Crippen LogP contribution in [0.25, 0.3) is 11.6 Å². The van der Waals surface area contributed by atoms with Gasteiger partial charge in [-0.3, -0.25) is 4.79 Å². The van der Waals surface area contributed by atoms with Gasteiger partial charge in [0.2, 0.25) is 0 Å². The van der Waals surface area contributed by atoms with Crippen LogP contribution in [-0.2, 0) is 14.3 Å². The molecular weight excluding hydrogens is 354 g/mol. The van der Waals surface area contributed by atoms with Crippen molar-refractivity contribution < 1.29 is 19.1 Å². The Morgan fingerprint density at radius 3 is 2.46 bits per heavy atom. The molecule has 0 bridgehead atoms. The lowest BCUT2D eigenvalue weighted by atomic mass is 10.0. The Hall–Kier alpha value is -3.08. The van der Waals surface area contributed by atoms with Gasteiger partial charge < -0.3 is 14.8 Å². The molecule has 0 aliphatic heterocycles. The van der Waals surface area contributed by atoms with Crippen LogP contribution in [0.4, 0.5) is 0 Å². The summed E-state index contributed by atoms with van der Waals surface area (Å²) in [5.74, 6) is 0.369. The molecule has 1 amide bonds. The number of esters is 1. The maximum atomic E-state index is 12.8. The van der Waals surface area contributed by atoms with E-state index < -0.39 is 5.97 Å². The Morgan fingerprint density at radius 1 is 1.11 bits per heavy atom. The van der Waals surface area contributed by atoms with Crippen LogP contribution >= 0.6 is 0 Å². The van der Waals surface area contributed by atoms with Crippen LogP contribution < -0.4 is 10.1 Å². The Kier molecular flexibility index (Phi) is 6.48. The third kappa shape index (κ3) is 5.22. The lowest BCUT2D eigenvalue weighted by Gasteiger charge is -2.14. The average Bonchev–Trinajstić information content (AvgIpc) is 3.56. The Labute approximate surface area is 165 Å². The van der Waals surface area contributed by atoms with Gasteiger partial charge in [0, 0.05) is 11.6 Å². The molecule has 1 aliphatic carbocycles. The van der Waals surface area contributed by atoms with Gasteiger partial charge >= 0.3 is 5.97 Å². The Morgan fingerprint density at radius 2 is 1.79 bits per heavy atom. The summed E-state index contributed by atoms with van der Waals surface area (Å²) in [6, 6.07) is 16.8. The van der Waals surface area contributed by atoms with Crippen LogP contribution in [0.3, 0.4) is 0 Å². The predicted octanol–water partition coefficient (Wildman–Crippen LogP) is 3.69. The molecule has 1 N–H and O–H groups in total. The average molecular weight is 379 g/mol. The number of methoxy groups -OCH3 is 1. The van der Waals surface area contributed by atoms with E-state index in [1.165, 1.54) is 0 Å². The predicted molar refractivity (Wildman–Crippen MR) is 109 cm³/mol. The maximum absolute atomic E-state index is 12.8. The van der Waals surface area contributed by atoms with Crippen molar-refractivity contribution in [3.8, 4) is 5.75 Å². The van der Waals surface area contributed by atoms with Crippen LogP contribution in [-0.4, -0.2) is 31.6 Å². The fourth-order valence-electron chi connectivity index (χ4n) is 3.04. The van der Waals surface area contributed by atoms with Crippen LogP contribution in [0.15, 0.2) is 54.6 Å². The van der Waals surface area contributed by atoms with Gasteiger partial charge in [0.05, 0.1) is 12.7 Å². The summed E-state index contributed by atoms with van der Waals surface area (Å²) in [5.41, 5.74) is 1.84. The van der Waals surface area contributed by atoms with E-state index in [9.17, 15) is 9.59 Å². The number of nitrogens with one attached hydrogen (secondary N) is 1. The van der Waals surface area contributed by atoms with Gasteiger partial charge in [-0.2, -0.15) is 0 Å². The zero-order chi connectivity index (χ0) is 19.9. The van der Waals surface area contributed by atoms with Crippen molar-refractivity contribution >= 4 is 23.5 Å². The van der Waals surface area contributed by atoms with Gasteiger partial charge in [-0.25, -0.2) is 4.79 Å². The van der Waals surface area contributed by atoms with Gasteiger partial charge in [0.15, 0.2) is 6.61 Å². The van der Waals surface area contributed by atoms with Crippen LogP contribution in [0.2, 0.25) is 0 Å². The summed E-state index contributed by atoms with van der Waals surface area (Å²) >= 11 is 0. The second-order valence-electron chi connectivity index (χ2n) is 6.94. The molecule has 1 saturated carbocycles. The Bertz CT molecular complexity index is 856. The quantitative estimate of drug-likeness (QED) is 0.432. The maximum Gasteiger partial charge on any atom is 0.339 e. The van der Waals surface area contributed by atoms with Crippen molar-refractivity contribution in [2.24, 2.45) is 5.92 Å². The molecular formula is C23H25NO4. The number of benzene rings is 2. The van der Waals surface area contributed by atoms with Crippen molar-refractivity contribution in [3.63, 3.8) is 0 Å². The number of amides is 1. The highest BCUT2D eigenvalue weighted by Crippen LogP contribution is 2.32. The molecule has 5 heteroatoms. The van der Waals surface area contributed by atoms with Crippen LogP contribution in [0.1, 0.15) is 30.9 Å². The topological polar surface area (TPSA) is 64.6 Å². The molecule has 5 nitrogen and oxygen atoms in total. The summed E-state index contributed by atoms with van der Waals surface area (Å²) in [6.45, 7) is 1.68. The van der Waals surface area contributed by atoms with Crippen LogP contribution in [0.5, 0.6) is 5.75 Å². The Balaban J connectivity index is 1.76. The summed E-state index contributed by atoms with van der Waals surface area (Å²) in [4.78, 5) is 24.9. The van der Waals surface area contributed by atoms with Crippen LogP contribution in [0, 0.1) is 5.92 Å². The first-order chi connectivity index (χ1) is 13.6. The van der Waals surface area contributed by atoms with Gasteiger partial charge in [-0.05, 0) is 43.4 Å².